The third-order valence-corrected chi connectivity index (χ3v) is 4.99. The summed E-state index contributed by atoms with van der Waals surface area (Å²) in [7, 11) is 0. The number of hydrogen-bond acceptors (Lipinski definition) is 3. The summed E-state index contributed by atoms with van der Waals surface area (Å²) in [5.74, 6) is 0.313. The van der Waals surface area contributed by atoms with E-state index in [0.717, 1.165) is 30.5 Å². The molecule has 1 aliphatic carbocycles. The SMILES string of the molecule is Cl.Cl.NC[C@H]1CCC[C@H]1C(=O)NC(c1cccc(Cl)c1)c1ccccn1. The second-order valence-electron chi connectivity index (χ2n) is 6.28. The minimum Gasteiger partial charge on any atom is -0.343 e. The van der Waals surface area contributed by atoms with Crippen molar-refractivity contribution in [2.24, 2.45) is 17.6 Å². The van der Waals surface area contributed by atoms with Crippen molar-refractivity contribution in [3.8, 4) is 0 Å². The smallest absolute Gasteiger partial charge is 0.224 e. The van der Waals surface area contributed by atoms with E-state index in [2.05, 4.69) is 10.3 Å². The van der Waals surface area contributed by atoms with Gasteiger partial charge in [0.1, 0.15) is 0 Å². The number of carbonyl (C=O) groups is 1. The number of hydrogen-bond donors (Lipinski definition) is 2. The summed E-state index contributed by atoms with van der Waals surface area (Å²) < 4.78 is 0. The normalized spacial score (nSPS) is 19.8. The predicted molar refractivity (Wildman–Crippen MR) is 110 cm³/mol. The molecule has 0 aliphatic heterocycles. The average molecular weight is 417 g/mol. The predicted octanol–water partition coefficient (Wildman–Crippen LogP) is 4.16. The molecule has 1 aliphatic rings. The van der Waals surface area contributed by atoms with Crippen molar-refractivity contribution in [3.63, 3.8) is 0 Å². The molecular weight excluding hydrogens is 393 g/mol. The molecule has 1 aromatic heterocycles. The van der Waals surface area contributed by atoms with Gasteiger partial charge in [0.25, 0.3) is 0 Å². The van der Waals surface area contributed by atoms with Gasteiger partial charge >= 0.3 is 0 Å². The number of nitrogens with two attached hydrogens (primary N) is 1. The van der Waals surface area contributed by atoms with Gasteiger partial charge in [-0.1, -0.05) is 36.2 Å². The Labute approximate surface area is 171 Å². The molecule has 1 saturated carbocycles. The Balaban J connectivity index is 0.00000169. The van der Waals surface area contributed by atoms with Crippen LogP contribution in [0.25, 0.3) is 0 Å². The van der Waals surface area contributed by atoms with Gasteiger partial charge in [0.2, 0.25) is 5.91 Å². The van der Waals surface area contributed by atoms with Crippen LogP contribution in [0.2, 0.25) is 5.02 Å². The van der Waals surface area contributed by atoms with E-state index < -0.39 is 0 Å². The fourth-order valence-corrected chi connectivity index (χ4v) is 3.67. The van der Waals surface area contributed by atoms with Crippen LogP contribution >= 0.6 is 36.4 Å². The van der Waals surface area contributed by atoms with E-state index >= 15 is 0 Å². The van der Waals surface area contributed by atoms with E-state index in [0.29, 0.717) is 11.6 Å². The molecule has 0 radical (unpaired) electrons. The first kappa shape index (κ1) is 22.7. The molecule has 1 unspecified atom stereocenters. The Kier molecular flexibility index (Phi) is 9.37. The number of rotatable bonds is 5. The largest absolute Gasteiger partial charge is 0.343 e. The molecule has 2 aromatic rings. The maximum absolute atomic E-state index is 12.8. The molecule has 26 heavy (non-hydrogen) atoms. The Morgan fingerprint density at radius 2 is 2.04 bits per heavy atom. The number of carbonyl (C=O) groups excluding carboxylic acids is 1. The number of nitrogens with zero attached hydrogens (tertiary/aromatic N) is 1. The maximum atomic E-state index is 12.8. The molecule has 1 heterocycles. The summed E-state index contributed by atoms with van der Waals surface area (Å²) in [5.41, 5.74) is 7.55. The van der Waals surface area contributed by atoms with Crippen LogP contribution in [0.4, 0.5) is 0 Å². The van der Waals surface area contributed by atoms with E-state index in [-0.39, 0.29) is 48.6 Å². The van der Waals surface area contributed by atoms with Gasteiger partial charge in [0.15, 0.2) is 0 Å². The van der Waals surface area contributed by atoms with Crippen molar-refractivity contribution in [1.29, 1.82) is 0 Å². The first-order valence-corrected chi connectivity index (χ1v) is 8.73. The Morgan fingerprint density at radius 3 is 2.69 bits per heavy atom. The molecule has 3 N–H and O–H groups in total. The lowest BCUT2D eigenvalue weighted by Crippen LogP contribution is -2.38. The summed E-state index contributed by atoms with van der Waals surface area (Å²) in [6.45, 7) is 0.559. The highest BCUT2D eigenvalue weighted by atomic mass is 35.5. The highest BCUT2D eigenvalue weighted by molar-refractivity contribution is 6.30. The quantitative estimate of drug-likeness (QED) is 0.769. The van der Waals surface area contributed by atoms with E-state index in [9.17, 15) is 4.79 Å². The van der Waals surface area contributed by atoms with Crippen molar-refractivity contribution in [2.45, 2.75) is 25.3 Å². The number of nitrogens with one attached hydrogen (secondary N) is 1. The summed E-state index contributed by atoms with van der Waals surface area (Å²) in [6.07, 6.45) is 4.72. The van der Waals surface area contributed by atoms with Crippen molar-refractivity contribution >= 4 is 42.3 Å². The lowest BCUT2D eigenvalue weighted by atomic mass is 9.94. The fraction of sp³-hybridized carbons (Fsp3) is 0.368. The molecule has 142 valence electrons. The molecule has 0 saturated heterocycles. The Hall–Kier alpha value is -1.33. The maximum Gasteiger partial charge on any atom is 0.224 e. The lowest BCUT2D eigenvalue weighted by Gasteiger charge is -2.23. The first-order valence-electron chi connectivity index (χ1n) is 8.36. The van der Waals surface area contributed by atoms with Gasteiger partial charge in [0.05, 0.1) is 11.7 Å². The Bertz CT molecular complexity index is 699. The van der Waals surface area contributed by atoms with E-state index in [1.807, 2.05) is 42.5 Å². The summed E-state index contributed by atoms with van der Waals surface area (Å²) in [4.78, 5) is 17.3. The number of aromatic nitrogens is 1. The summed E-state index contributed by atoms with van der Waals surface area (Å²) in [6, 6.07) is 12.9. The van der Waals surface area contributed by atoms with Crippen LogP contribution < -0.4 is 11.1 Å². The topological polar surface area (TPSA) is 68.0 Å². The van der Waals surface area contributed by atoms with Crippen LogP contribution in [0.3, 0.4) is 0 Å². The number of amides is 1. The highest BCUT2D eigenvalue weighted by Crippen LogP contribution is 2.32. The minimum absolute atomic E-state index is 0. The molecular formula is C19H24Cl3N3O. The summed E-state index contributed by atoms with van der Waals surface area (Å²) >= 11 is 6.14. The minimum atomic E-state index is -0.309. The van der Waals surface area contributed by atoms with Crippen LogP contribution in [0, 0.1) is 11.8 Å². The third-order valence-electron chi connectivity index (χ3n) is 4.75. The van der Waals surface area contributed by atoms with Gasteiger partial charge in [-0.15, -0.1) is 24.8 Å². The molecule has 4 nitrogen and oxygen atoms in total. The van der Waals surface area contributed by atoms with Gasteiger partial charge in [-0.25, -0.2) is 0 Å². The molecule has 1 aromatic carbocycles. The zero-order chi connectivity index (χ0) is 16.9. The van der Waals surface area contributed by atoms with Gasteiger partial charge in [-0.3, -0.25) is 9.78 Å². The lowest BCUT2D eigenvalue weighted by molar-refractivity contribution is -0.126. The molecule has 0 spiro atoms. The van der Waals surface area contributed by atoms with Crippen molar-refractivity contribution in [1.82, 2.24) is 10.3 Å². The van der Waals surface area contributed by atoms with Crippen molar-refractivity contribution in [2.75, 3.05) is 6.54 Å². The van der Waals surface area contributed by atoms with E-state index in [1.54, 1.807) is 6.20 Å². The van der Waals surface area contributed by atoms with Crippen LogP contribution in [0.15, 0.2) is 48.7 Å². The molecule has 3 rings (SSSR count). The molecule has 1 fully saturated rings. The Morgan fingerprint density at radius 1 is 1.23 bits per heavy atom. The number of pyridine rings is 1. The monoisotopic (exact) mass is 415 g/mol. The highest BCUT2D eigenvalue weighted by Gasteiger charge is 2.33. The van der Waals surface area contributed by atoms with Gasteiger partial charge in [-0.2, -0.15) is 0 Å². The van der Waals surface area contributed by atoms with Crippen molar-refractivity contribution < 1.29 is 4.79 Å². The zero-order valence-electron chi connectivity index (χ0n) is 14.3. The van der Waals surface area contributed by atoms with Crippen LogP contribution in [0.1, 0.15) is 36.6 Å². The zero-order valence-corrected chi connectivity index (χ0v) is 16.7. The van der Waals surface area contributed by atoms with Crippen LogP contribution in [-0.4, -0.2) is 17.4 Å². The van der Waals surface area contributed by atoms with Crippen LogP contribution in [0.5, 0.6) is 0 Å². The number of benzene rings is 1. The molecule has 3 atom stereocenters. The fourth-order valence-electron chi connectivity index (χ4n) is 3.47. The molecule has 1 amide bonds. The van der Waals surface area contributed by atoms with Crippen molar-refractivity contribution in [3.05, 3.63) is 64.9 Å². The van der Waals surface area contributed by atoms with Gasteiger partial charge in [-0.05, 0) is 55.1 Å². The van der Waals surface area contributed by atoms with E-state index in [1.165, 1.54) is 0 Å². The third kappa shape index (κ3) is 5.34. The van der Waals surface area contributed by atoms with Crippen LogP contribution in [-0.2, 0) is 4.79 Å². The average Bonchev–Trinajstić information content (AvgIpc) is 3.09. The first-order chi connectivity index (χ1) is 11.7. The molecule has 7 heteroatoms. The number of halogens is 3. The summed E-state index contributed by atoms with van der Waals surface area (Å²) in [5, 5.41) is 3.81. The molecule has 0 bridgehead atoms. The second kappa shape index (κ2) is 10.7. The van der Waals surface area contributed by atoms with Gasteiger partial charge < -0.3 is 11.1 Å². The second-order valence-corrected chi connectivity index (χ2v) is 6.72. The van der Waals surface area contributed by atoms with Gasteiger partial charge in [0, 0.05) is 17.1 Å². The standard InChI is InChI=1S/C19H22ClN3O.2ClH/c20-15-7-3-5-13(11-15)18(17-9-1-2-10-22-17)23-19(24)16-8-4-6-14(16)12-21;;/h1-3,5,7,9-11,14,16,18H,4,6,8,12,21H2,(H,23,24);2*1H/t14-,16-,18?;;/m1../s1. The van der Waals surface area contributed by atoms with E-state index in [4.69, 9.17) is 17.3 Å².